The number of anilines is 1. The molecular weight excluding hydrogens is 474 g/mol. The van der Waals surface area contributed by atoms with Gasteiger partial charge in [-0.3, -0.25) is 4.79 Å². The normalized spacial score (nSPS) is 15.2. The minimum Gasteiger partial charge on any atom is -0.392 e. The lowest BCUT2D eigenvalue weighted by molar-refractivity contribution is 0.0703. The Morgan fingerprint density at radius 2 is 1.68 bits per heavy atom. The van der Waals surface area contributed by atoms with Gasteiger partial charge in [0.05, 0.1) is 6.10 Å². The van der Waals surface area contributed by atoms with Gasteiger partial charge in [0.15, 0.2) is 0 Å². The summed E-state index contributed by atoms with van der Waals surface area (Å²) in [5, 5.41) is 10.6. The fourth-order valence-electron chi connectivity index (χ4n) is 5.54. The van der Waals surface area contributed by atoms with E-state index in [-0.39, 0.29) is 5.91 Å². The van der Waals surface area contributed by atoms with Crippen molar-refractivity contribution in [2.45, 2.75) is 26.9 Å². The van der Waals surface area contributed by atoms with Gasteiger partial charge in [-0.1, -0.05) is 12.1 Å². The van der Waals surface area contributed by atoms with Crippen LogP contribution in [0.5, 0.6) is 0 Å². The highest BCUT2D eigenvalue weighted by molar-refractivity contribution is 5.98. The molecule has 1 fully saturated rings. The fraction of sp³-hybridized carbons (Fsp3) is 0.355. The largest absolute Gasteiger partial charge is 0.392 e. The lowest BCUT2D eigenvalue weighted by Gasteiger charge is -2.36. The van der Waals surface area contributed by atoms with Crippen molar-refractivity contribution in [1.29, 1.82) is 0 Å². The molecule has 2 N–H and O–H groups in total. The van der Waals surface area contributed by atoms with Gasteiger partial charge in [0.2, 0.25) is 0 Å². The van der Waals surface area contributed by atoms with Gasteiger partial charge in [-0.2, -0.15) is 0 Å². The number of nitrogens with one attached hydrogen (secondary N) is 1. The molecule has 2 aromatic carbocycles. The Morgan fingerprint density at radius 3 is 2.32 bits per heavy atom. The maximum atomic E-state index is 12.7. The van der Waals surface area contributed by atoms with Crippen LogP contribution in [0.1, 0.15) is 28.4 Å². The highest BCUT2D eigenvalue weighted by Gasteiger charge is 2.19. The third kappa shape index (κ3) is 5.17. The monoisotopic (exact) mass is 511 g/mol. The summed E-state index contributed by atoms with van der Waals surface area (Å²) in [6.07, 6.45) is 3.35. The zero-order valence-electron chi connectivity index (χ0n) is 23.0. The number of nitrogens with zero attached hydrogens (tertiary/aromatic N) is 4. The first kappa shape index (κ1) is 25.9. The minimum absolute atomic E-state index is 0.105. The van der Waals surface area contributed by atoms with Crippen LogP contribution in [0.3, 0.4) is 0 Å². The van der Waals surface area contributed by atoms with Crippen LogP contribution >= 0.6 is 0 Å². The number of aliphatic hydroxyl groups is 1. The highest BCUT2D eigenvalue weighted by atomic mass is 16.3. The Hall–Kier alpha value is -3.68. The van der Waals surface area contributed by atoms with E-state index in [1.165, 1.54) is 22.4 Å². The summed E-state index contributed by atoms with van der Waals surface area (Å²) < 4.78 is 0. The molecule has 198 valence electrons. The third-order valence-electron chi connectivity index (χ3n) is 7.50. The molecule has 4 aromatic rings. The number of carbonyl (C=O) groups excluding carboxylic acids is 1. The summed E-state index contributed by atoms with van der Waals surface area (Å²) in [6, 6.07) is 14.4. The quantitative estimate of drug-likeness (QED) is 0.392. The van der Waals surface area contributed by atoms with E-state index >= 15 is 0 Å². The van der Waals surface area contributed by atoms with Crippen LogP contribution in [0.15, 0.2) is 54.9 Å². The lowest BCUT2D eigenvalue weighted by atomic mass is 9.97. The molecule has 0 bridgehead atoms. The number of piperazine rings is 1. The number of aryl methyl sites for hydroxylation is 2. The van der Waals surface area contributed by atoms with Crippen LogP contribution in [0.4, 0.5) is 5.69 Å². The molecule has 0 radical (unpaired) electrons. The zero-order valence-corrected chi connectivity index (χ0v) is 23.0. The van der Waals surface area contributed by atoms with Crippen molar-refractivity contribution in [3.8, 4) is 22.3 Å². The van der Waals surface area contributed by atoms with Crippen molar-refractivity contribution in [2.75, 3.05) is 51.7 Å². The van der Waals surface area contributed by atoms with Crippen molar-refractivity contribution in [2.24, 2.45) is 0 Å². The average molecular weight is 512 g/mol. The smallest absolute Gasteiger partial charge is 0.253 e. The first-order chi connectivity index (χ1) is 18.2. The number of carbonyl (C=O) groups is 1. The molecule has 1 aliphatic heterocycles. The van der Waals surface area contributed by atoms with Crippen LogP contribution in [0.2, 0.25) is 0 Å². The van der Waals surface area contributed by atoms with E-state index in [1.54, 1.807) is 18.9 Å². The summed E-state index contributed by atoms with van der Waals surface area (Å²) in [5.41, 5.74) is 9.69. The number of benzene rings is 2. The molecular formula is C31H37N5O2. The molecule has 0 spiro atoms. The van der Waals surface area contributed by atoms with Crippen LogP contribution in [0, 0.1) is 13.8 Å². The molecule has 1 unspecified atom stereocenters. The molecule has 1 saturated heterocycles. The van der Waals surface area contributed by atoms with Crippen molar-refractivity contribution in [3.63, 3.8) is 0 Å². The first-order valence-electron chi connectivity index (χ1n) is 13.3. The predicted molar refractivity (Wildman–Crippen MR) is 155 cm³/mol. The number of aliphatic hydroxyl groups excluding tert-OH is 1. The van der Waals surface area contributed by atoms with Gasteiger partial charge in [0, 0.05) is 79.9 Å². The lowest BCUT2D eigenvalue weighted by Crippen LogP contribution is -2.45. The van der Waals surface area contributed by atoms with Gasteiger partial charge in [-0.15, -0.1) is 0 Å². The average Bonchev–Trinajstić information content (AvgIpc) is 3.32. The third-order valence-corrected chi connectivity index (χ3v) is 7.50. The predicted octanol–water partition coefficient (Wildman–Crippen LogP) is 4.72. The van der Waals surface area contributed by atoms with E-state index < -0.39 is 6.10 Å². The molecule has 38 heavy (non-hydrogen) atoms. The van der Waals surface area contributed by atoms with Crippen LogP contribution in [-0.4, -0.2) is 83.7 Å². The van der Waals surface area contributed by atoms with Gasteiger partial charge in [-0.05, 0) is 80.4 Å². The summed E-state index contributed by atoms with van der Waals surface area (Å²) in [5.74, 6) is -0.105. The van der Waals surface area contributed by atoms with E-state index in [1.807, 2.05) is 36.7 Å². The number of amides is 1. The van der Waals surface area contributed by atoms with Gasteiger partial charge >= 0.3 is 0 Å². The highest BCUT2D eigenvalue weighted by Crippen LogP contribution is 2.35. The second-order valence-corrected chi connectivity index (χ2v) is 10.7. The van der Waals surface area contributed by atoms with E-state index in [0.29, 0.717) is 12.1 Å². The van der Waals surface area contributed by atoms with E-state index in [2.05, 4.69) is 53.9 Å². The Balaban J connectivity index is 1.43. The fourth-order valence-corrected chi connectivity index (χ4v) is 5.54. The van der Waals surface area contributed by atoms with Crippen molar-refractivity contribution >= 4 is 22.6 Å². The van der Waals surface area contributed by atoms with Crippen LogP contribution in [0.25, 0.3) is 33.3 Å². The molecule has 1 aliphatic rings. The molecule has 3 heterocycles. The number of aromatic nitrogens is 2. The number of aromatic amines is 1. The minimum atomic E-state index is -0.563. The molecule has 1 amide bonds. The Kier molecular flexibility index (Phi) is 7.23. The van der Waals surface area contributed by atoms with Gasteiger partial charge in [-0.25, -0.2) is 4.98 Å². The molecule has 1 atom stereocenters. The Bertz CT molecular complexity index is 1430. The van der Waals surface area contributed by atoms with Crippen LogP contribution < -0.4 is 4.90 Å². The van der Waals surface area contributed by atoms with Crippen molar-refractivity contribution < 1.29 is 9.90 Å². The topological polar surface area (TPSA) is 75.7 Å². The maximum Gasteiger partial charge on any atom is 0.253 e. The first-order valence-corrected chi connectivity index (χ1v) is 13.3. The molecule has 0 saturated carbocycles. The Labute approximate surface area is 224 Å². The second-order valence-electron chi connectivity index (χ2n) is 10.7. The van der Waals surface area contributed by atoms with Crippen molar-refractivity contribution in [1.82, 2.24) is 19.8 Å². The molecule has 0 aliphatic carbocycles. The number of hydrogen-bond acceptors (Lipinski definition) is 5. The second kappa shape index (κ2) is 10.6. The molecule has 2 aromatic heterocycles. The maximum absolute atomic E-state index is 12.7. The van der Waals surface area contributed by atoms with Gasteiger partial charge < -0.3 is 24.8 Å². The summed E-state index contributed by atoms with van der Waals surface area (Å²) in [6.45, 7) is 10.7. The van der Waals surface area contributed by atoms with Gasteiger partial charge in [0.25, 0.3) is 5.91 Å². The zero-order chi connectivity index (χ0) is 27.0. The van der Waals surface area contributed by atoms with Crippen LogP contribution in [-0.2, 0) is 0 Å². The molecule has 7 heteroatoms. The number of likely N-dealkylation sites (N-methyl/N-ethyl adjacent to an activating group) is 2. The Morgan fingerprint density at radius 1 is 1.03 bits per heavy atom. The molecule has 7 nitrogen and oxygen atoms in total. The number of H-pyrrole nitrogens is 1. The molecule has 5 rings (SSSR count). The van der Waals surface area contributed by atoms with Gasteiger partial charge in [0.1, 0.15) is 5.65 Å². The van der Waals surface area contributed by atoms with E-state index in [9.17, 15) is 9.90 Å². The van der Waals surface area contributed by atoms with E-state index in [4.69, 9.17) is 4.98 Å². The SMILES string of the molecule is Cc1cc(-c2cnc3[nH]cc(-c4ccc(C(=O)N(C)CC(C)O)cc4)c3c2)cc(C)c1N1CCN(C)CC1. The summed E-state index contributed by atoms with van der Waals surface area (Å²) in [4.78, 5) is 27.1. The summed E-state index contributed by atoms with van der Waals surface area (Å²) in [7, 11) is 3.89. The number of rotatable bonds is 6. The number of fused-ring (bicyclic) bond motifs is 1. The standard InChI is InChI=1S/C31H37N5O2/c1-20-14-25(15-21(2)29(20)36-12-10-34(4)11-13-36)26-16-27-28(18-33-30(27)32-17-26)23-6-8-24(9-7-23)31(38)35(5)19-22(3)37/h6-9,14-18,22,37H,10-13,19H2,1-5H3,(H,32,33). The van der Waals surface area contributed by atoms with Crippen molar-refractivity contribution in [3.05, 3.63) is 71.5 Å². The number of pyridine rings is 1. The number of hydrogen-bond donors (Lipinski definition) is 2. The summed E-state index contributed by atoms with van der Waals surface area (Å²) >= 11 is 0. The van der Waals surface area contributed by atoms with E-state index in [0.717, 1.165) is 53.9 Å².